The first-order valence-electron chi connectivity index (χ1n) is 5.84. The van der Waals surface area contributed by atoms with E-state index in [-0.39, 0.29) is 5.97 Å². The zero-order valence-electron chi connectivity index (χ0n) is 11.0. The number of aryl methyl sites for hydroxylation is 1. The molecule has 1 unspecified atom stereocenters. The number of ether oxygens (including phenoxy) is 1. The van der Waals surface area contributed by atoms with Gasteiger partial charge in [0.05, 0.1) is 25.7 Å². The second kappa shape index (κ2) is 6.39. The fourth-order valence-corrected chi connectivity index (χ4v) is 1.60. The van der Waals surface area contributed by atoms with E-state index < -0.39 is 0 Å². The van der Waals surface area contributed by atoms with Crippen LogP contribution in [0.1, 0.15) is 26.0 Å². The summed E-state index contributed by atoms with van der Waals surface area (Å²) in [5.41, 5.74) is 1.09. The van der Waals surface area contributed by atoms with Crippen molar-refractivity contribution >= 4 is 5.97 Å². The van der Waals surface area contributed by atoms with E-state index in [1.165, 1.54) is 7.11 Å². The third-order valence-corrected chi connectivity index (χ3v) is 3.06. The van der Waals surface area contributed by atoms with Gasteiger partial charge in [-0.2, -0.15) is 0 Å². The first-order valence-corrected chi connectivity index (χ1v) is 5.84. The molecule has 0 fully saturated rings. The third-order valence-electron chi connectivity index (χ3n) is 3.06. The lowest BCUT2D eigenvalue weighted by molar-refractivity contribution is -0.142. The number of aromatic nitrogens is 2. The SMILES string of the molecule is CCC(C)N(CC(=O)OC)Cc1cncn1C. The average molecular weight is 239 g/mol. The van der Waals surface area contributed by atoms with Crippen LogP contribution in [-0.2, 0) is 23.1 Å². The van der Waals surface area contributed by atoms with Gasteiger partial charge in [-0.25, -0.2) is 4.98 Å². The number of carbonyl (C=O) groups excluding carboxylic acids is 1. The molecule has 96 valence electrons. The van der Waals surface area contributed by atoms with E-state index in [0.717, 1.165) is 12.1 Å². The summed E-state index contributed by atoms with van der Waals surface area (Å²) >= 11 is 0. The van der Waals surface area contributed by atoms with Gasteiger partial charge >= 0.3 is 5.97 Å². The van der Waals surface area contributed by atoms with Gasteiger partial charge in [0.15, 0.2) is 0 Å². The molecular formula is C12H21N3O2. The average Bonchev–Trinajstić information content (AvgIpc) is 2.73. The molecule has 1 heterocycles. The molecule has 0 aromatic carbocycles. The van der Waals surface area contributed by atoms with Crippen molar-refractivity contribution in [2.45, 2.75) is 32.9 Å². The topological polar surface area (TPSA) is 47.4 Å². The smallest absolute Gasteiger partial charge is 0.319 e. The van der Waals surface area contributed by atoms with Crippen molar-refractivity contribution in [2.24, 2.45) is 7.05 Å². The Morgan fingerprint density at radius 1 is 1.65 bits per heavy atom. The first kappa shape index (κ1) is 13.7. The van der Waals surface area contributed by atoms with Gasteiger partial charge in [-0.3, -0.25) is 9.69 Å². The Balaban J connectivity index is 2.70. The normalized spacial score (nSPS) is 12.8. The van der Waals surface area contributed by atoms with E-state index in [0.29, 0.717) is 19.1 Å². The Morgan fingerprint density at radius 3 is 2.82 bits per heavy atom. The third kappa shape index (κ3) is 3.85. The van der Waals surface area contributed by atoms with Gasteiger partial charge in [-0.1, -0.05) is 6.92 Å². The molecule has 0 spiro atoms. The van der Waals surface area contributed by atoms with E-state index in [1.54, 1.807) is 6.33 Å². The van der Waals surface area contributed by atoms with Gasteiger partial charge in [-0.15, -0.1) is 0 Å². The van der Waals surface area contributed by atoms with Crippen molar-refractivity contribution in [1.29, 1.82) is 0 Å². The number of methoxy groups -OCH3 is 1. The molecule has 5 heteroatoms. The van der Waals surface area contributed by atoms with Gasteiger partial charge in [0, 0.05) is 25.8 Å². The molecule has 0 aliphatic carbocycles. The van der Waals surface area contributed by atoms with Gasteiger partial charge in [0.25, 0.3) is 0 Å². The second-order valence-electron chi connectivity index (χ2n) is 4.23. The highest BCUT2D eigenvalue weighted by molar-refractivity contribution is 5.71. The predicted molar refractivity (Wildman–Crippen MR) is 65.4 cm³/mol. The summed E-state index contributed by atoms with van der Waals surface area (Å²) in [5.74, 6) is -0.201. The van der Waals surface area contributed by atoms with E-state index in [4.69, 9.17) is 4.74 Å². The fraction of sp³-hybridized carbons (Fsp3) is 0.667. The van der Waals surface area contributed by atoms with E-state index in [9.17, 15) is 4.79 Å². The molecule has 0 bridgehead atoms. The van der Waals surface area contributed by atoms with E-state index in [1.807, 2.05) is 17.8 Å². The van der Waals surface area contributed by atoms with Gasteiger partial charge in [-0.05, 0) is 13.3 Å². The molecule has 0 N–H and O–H groups in total. The second-order valence-corrected chi connectivity index (χ2v) is 4.23. The van der Waals surface area contributed by atoms with Crippen LogP contribution in [0.5, 0.6) is 0 Å². The molecular weight excluding hydrogens is 218 g/mol. The molecule has 1 rings (SSSR count). The Kier molecular flexibility index (Phi) is 5.15. The molecule has 1 aromatic rings. The minimum Gasteiger partial charge on any atom is -0.468 e. The summed E-state index contributed by atoms with van der Waals surface area (Å²) in [6.07, 6.45) is 4.59. The molecule has 0 aliphatic heterocycles. The summed E-state index contributed by atoms with van der Waals surface area (Å²) in [4.78, 5) is 17.5. The highest BCUT2D eigenvalue weighted by Gasteiger charge is 2.17. The molecule has 0 aliphatic rings. The molecule has 17 heavy (non-hydrogen) atoms. The van der Waals surface area contributed by atoms with Gasteiger partial charge in [0.2, 0.25) is 0 Å². The summed E-state index contributed by atoms with van der Waals surface area (Å²) in [6.45, 7) is 5.24. The van der Waals surface area contributed by atoms with Crippen LogP contribution in [-0.4, -0.2) is 40.1 Å². The largest absolute Gasteiger partial charge is 0.468 e. The lowest BCUT2D eigenvalue weighted by Gasteiger charge is -2.27. The molecule has 0 amide bonds. The molecule has 1 atom stereocenters. The highest BCUT2D eigenvalue weighted by Crippen LogP contribution is 2.09. The van der Waals surface area contributed by atoms with Crippen molar-refractivity contribution in [2.75, 3.05) is 13.7 Å². The molecule has 5 nitrogen and oxygen atoms in total. The summed E-state index contributed by atoms with van der Waals surface area (Å²) in [6, 6.07) is 0.337. The van der Waals surface area contributed by atoms with Gasteiger partial charge < -0.3 is 9.30 Å². The zero-order chi connectivity index (χ0) is 12.8. The number of esters is 1. The molecule has 0 saturated heterocycles. The Labute approximate surface area is 102 Å². The molecule has 0 radical (unpaired) electrons. The number of hydrogen-bond acceptors (Lipinski definition) is 4. The lowest BCUT2D eigenvalue weighted by Crippen LogP contribution is -2.37. The number of imidazole rings is 1. The van der Waals surface area contributed by atoms with E-state index in [2.05, 4.69) is 23.7 Å². The van der Waals surface area contributed by atoms with Crippen molar-refractivity contribution in [3.8, 4) is 0 Å². The Morgan fingerprint density at radius 2 is 2.35 bits per heavy atom. The minimum atomic E-state index is -0.201. The maximum atomic E-state index is 11.4. The zero-order valence-corrected chi connectivity index (χ0v) is 11.0. The summed E-state index contributed by atoms with van der Waals surface area (Å²) < 4.78 is 6.69. The van der Waals surface area contributed by atoms with Crippen molar-refractivity contribution in [3.05, 3.63) is 18.2 Å². The maximum Gasteiger partial charge on any atom is 0.319 e. The standard InChI is InChI=1S/C12H21N3O2/c1-5-10(2)15(8-12(16)17-4)7-11-6-13-9-14(11)3/h6,9-10H,5,7-8H2,1-4H3. The number of carbonyl (C=O) groups is 1. The van der Waals surface area contributed by atoms with Crippen molar-refractivity contribution < 1.29 is 9.53 Å². The predicted octanol–water partition coefficient (Wildman–Crippen LogP) is 1.19. The maximum absolute atomic E-state index is 11.4. The first-order chi connectivity index (χ1) is 8.08. The fourth-order valence-electron chi connectivity index (χ4n) is 1.60. The van der Waals surface area contributed by atoms with E-state index >= 15 is 0 Å². The van der Waals surface area contributed by atoms with Crippen LogP contribution in [0, 0.1) is 0 Å². The van der Waals surface area contributed by atoms with Crippen LogP contribution in [0.25, 0.3) is 0 Å². The lowest BCUT2D eigenvalue weighted by atomic mass is 10.2. The molecule has 0 saturated carbocycles. The van der Waals surface area contributed by atoms with Crippen LogP contribution < -0.4 is 0 Å². The van der Waals surface area contributed by atoms with Crippen molar-refractivity contribution in [1.82, 2.24) is 14.5 Å². The van der Waals surface area contributed by atoms with Crippen LogP contribution in [0.4, 0.5) is 0 Å². The quantitative estimate of drug-likeness (QED) is 0.700. The molecule has 1 aromatic heterocycles. The van der Waals surface area contributed by atoms with Crippen LogP contribution in [0.15, 0.2) is 12.5 Å². The summed E-state index contributed by atoms with van der Waals surface area (Å²) in [7, 11) is 3.37. The summed E-state index contributed by atoms with van der Waals surface area (Å²) in [5, 5.41) is 0. The monoisotopic (exact) mass is 239 g/mol. The van der Waals surface area contributed by atoms with Gasteiger partial charge in [0.1, 0.15) is 0 Å². The number of rotatable bonds is 6. The van der Waals surface area contributed by atoms with Crippen LogP contribution >= 0.6 is 0 Å². The number of hydrogen-bond donors (Lipinski definition) is 0. The Bertz CT molecular complexity index is 362. The number of nitrogens with zero attached hydrogens (tertiary/aromatic N) is 3. The Hall–Kier alpha value is -1.36. The van der Waals surface area contributed by atoms with Crippen LogP contribution in [0.3, 0.4) is 0 Å². The highest BCUT2D eigenvalue weighted by atomic mass is 16.5. The minimum absolute atomic E-state index is 0.201. The van der Waals surface area contributed by atoms with Crippen molar-refractivity contribution in [3.63, 3.8) is 0 Å². The van der Waals surface area contributed by atoms with Crippen LogP contribution in [0.2, 0.25) is 0 Å².